The number of rotatable bonds is 4. The van der Waals surface area contributed by atoms with Crippen LogP contribution in [-0.4, -0.2) is 24.1 Å². The zero-order valence-electron chi connectivity index (χ0n) is 10.9. The van der Waals surface area contributed by atoms with Crippen LogP contribution in [0.1, 0.15) is 31.2 Å². The predicted molar refractivity (Wildman–Crippen MR) is 69.2 cm³/mol. The van der Waals surface area contributed by atoms with E-state index in [0.29, 0.717) is 11.3 Å². The van der Waals surface area contributed by atoms with Gasteiger partial charge in [0.05, 0.1) is 25.5 Å². The Labute approximate surface area is 111 Å². The first-order chi connectivity index (χ1) is 9.22. The van der Waals surface area contributed by atoms with Gasteiger partial charge in [0.2, 0.25) is 0 Å². The summed E-state index contributed by atoms with van der Waals surface area (Å²) in [5.41, 5.74) is 1.35. The van der Waals surface area contributed by atoms with Crippen molar-refractivity contribution in [1.29, 1.82) is 0 Å². The van der Waals surface area contributed by atoms with E-state index in [9.17, 15) is 4.39 Å². The van der Waals surface area contributed by atoms with Crippen molar-refractivity contribution in [3.63, 3.8) is 0 Å². The molecule has 0 heterocycles. The Morgan fingerprint density at radius 1 is 1.37 bits per heavy atom. The molecule has 0 aliphatic heterocycles. The average Bonchev–Trinajstić information content (AvgIpc) is 2.46. The smallest absolute Gasteiger partial charge is 0.132 e. The highest BCUT2D eigenvalue weighted by atomic mass is 19.1. The number of hydrogen-bond donors (Lipinski definition) is 1. The fraction of sp³-hybridized carbons (Fsp3) is 0.500. The molecule has 0 aromatic heterocycles. The van der Waals surface area contributed by atoms with Crippen molar-refractivity contribution in [3.8, 4) is 5.75 Å². The zero-order valence-corrected chi connectivity index (χ0v) is 10.9. The third kappa shape index (κ3) is 3.67. The number of nitrogens with zero attached hydrogens (tertiary/aromatic N) is 1. The highest BCUT2D eigenvalue weighted by Gasteiger charge is 2.18. The molecule has 0 bridgehead atoms. The molecule has 1 saturated carbocycles. The van der Waals surface area contributed by atoms with Gasteiger partial charge in [-0.15, -0.1) is 0 Å². The van der Waals surface area contributed by atoms with Crippen molar-refractivity contribution in [2.45, 2.75) is 38.4 Å². The van der Waals surface area contributed by atoms with Crippen molar-refractivity contribution < 1.29 is 19.1 Å². The number of oxime groups is 1. The Morgan fingerprint density at radius 2 is 2.11 bits per heavy atom. The third-order valence-electron chi connectivity index (χ3n) is 3.39. The second-order valence-electron chi connectivity index (χ2n) is 4.63. The molecule has 104 valence electrons. The van der Waals surface area contributed by atoms with Crippen LogP contribution in [-0.2, 0) is 11.3 Å². The van der Waals surface area contributed by atoms with Crippen LogP contribution in [0, 0.1) is 5.82 Å². The molecule has 0 amide bonds. The maximum atomic E-state index is 13.7. The normalized spacial score (nSPS) is 19.3. The SMILES string of the molecule is COc1ccc(COC2CCC(=NO)CC2)c(F)c1. The minimum Gasteiger partial charge on any atom is -0.497 e. The molecule has 0 radical (unpaired) electrons. The van der Waals surface area contributed by atoms with Crippen LogP contribution in [0.2, 0.25) is 0 Å². The van der Waals surface area contributed by atoms with Crippen molar-refractivity contribution in [2.24, 2.45) is 5.16 Å². The number of hydrogen-bond acceptors (Lipinski definition) is 4. The van der Waals surface area contributed by atoms with Crippen LogP contribution >= 0.6 is 0 Å². The fourth-order valence-corrected chi connectivity index (χ4v) is 2.17. The van der Waals surface area contributed by atoms with Crippen molar-refractivity contribution >= 4 is 5.71 Å². The highest BCUT2D eigenvalue weighted by molar-refractivity contribution is 5.84. The van der Waals surface area contributed by atoms with Crippen molar-refractivity contribution in [1.82, 2.24) is 0 Å². The summed E-state index contributed by atoms with van der Waals surface area (Å²) in [7, 11) is 1.51. The number of methoxy groups -OCH3 is 1. The lowest BCUT2D eigenvalue weighted by Crippen LogP contribution is -2.21. The van der Waals surface area contributed by atoms with Gasteiger partial charge in [-0.3, -0.25) is 0 Å². The highest BCUT2D eigenvalue weighted by Crippen LogP contribution is 2.22. The zero-order chi connectivity index (χ0) is 13.7. The molecule has 1 aromatic carbocycles. The average molecular weight is 267 g/mol. The van der Waals surface area contributed by atoms with Crippen molar-refractivity contribution in [2.75, 3.05) is 7.11 Å². The van der Waals surface area contributed by atoms with E-state index in [2.05, 4.69) is 5.16 Å². The van der Waals surface area contributed by atoms with Crippen LogP contribution in [0.4, 0.5) is 4.39 Å². The summed E-state index contributed by atoms with van der Waals surface area (Å²) in [6.45, 7) is 0.256. The molecular formula is C14H18FNO3. The quantitative estimate of drug-likeness (QED) is 0.673. The number of halogens is 1. The van der Waals surface area contributed by atoms with E-state index in [1.807, 2.05) is 0 Å². The summed E-state index contributed by atoms with van der Waals surface area (Å²) in [6.07, 6.45) is 3.22. The minimum absolute atomic E-state index is 0.104. The predicted octanol–water partition coefficient (Wildman–Crippen LogP) is 3.12. The lowest BCUT2D eigenvalue weighted by molar-refractivity contribution is 0.0263. The Hall–Kier alpha value is -1.62. The molecule has 1 aliphatic carbocycles. The van der Waals surface area contributed by atoms with Gasteiger partial charge in [0, 0.05) is 11.6 Å². The van der Waals surface area contributed by atoms with Crippen molar-refractivity contribution in [3.05, 3.63) is 29.6 Å². The first-order valence-corrected chi connectivity index (χ1v) is 6.36. The molecule has 0 saturated heterocycles. The molecule has 5 heteroatoms. The van der Waals surface area contributed by atoms with Gasteiger partial charge in [0.1, 0.15) is 11.6 Å². The molecule has 0 spiro atoms. The fourth-order valence-electron chi connectivity index (χ4n) is 2.17. The second-order valence-corrected chi connectivity index (χ2v) is 4.63. The van der Waals surface area contributed by atoms with Gasteiger partial charge in [-0.1, -0.05) is 11.2 Å². The Kier molecular flexibility index (Phi) is 4.74. The molecule has 1 N–H and O–H groups in total. The van der Waals surface area contributed by atoms with Crippen LogP contribution in [0.5, 0.6) is 5.75 Å². The Bertz CT molecular complexity index is 452. The molecule has 1 fully saturated rings. The molecule has 1 aromatic rings. The summed E-state index contributed by atoms with van der Waals surface area (Å²) >= 11 is 0. The third-order valence-corrected chi connectivity index (χ3v) is 3.39. The first kappa shape index (κ1) is 13.8. The van der Waals surface area contributed by atoms with Gasteiger partial charge in [0.25, 0.3) is 0 Å². The topological polar surface area (TPSA) is 51.0 Å². The first-order valence-electron chi connectivity index (χ1n) is 6.36. The lowest BCUT2D eigenvalue weighted by Gasteiger charge is -2.22. The molecular weight excluding hydrogens is 249 g/mol. The van der Waals surface area contributed by atoms with Crippen LogP contribution in [0.25, 0.3) is 0 Å². The van der Waals surface area contributed by atoms with Crippen LogP contribution in [0.3, 0.4) is 0 Å². The van der Waals surface area contributed by atoms with Gasteiger partial charge in [-0.25, -0.2) is 4.39 Å². The van der Waals surface area contributed by atoms with Gasteiger partial charge < -0.3 is 14.7 Å². The molecule has 1 aliphatic rings. The summed E-state index contributed by atoms with van der Waals surface area (Å²) in [5.74, 6) is 0.190. The van der Waals surface area contributed by atoms with Gasteiger partial charge in [0.15, 0.2) is 0 Å². The maximum absolute atomic E-state index is 13.7. The van der Waals surface area contributed by atoms with E-state index in [1.54, 1.807) is 12.1 Å². The van der Waals surface area contributed by atoms with E-state index in [1.165, 1.54) is 13.2 Å². The summed E-state index contributed by atoms with van der Waals surface area (Å²) < 4.78 is 24.3. The van der Waals surface area contributed by atoms with E-state index in [0.717, 1.165) is 31.4 Å². The largest absolute Gasteiger partial charge is 0.497 e. The Morgan fingerprint density at radius 3 is 2.68 bits per heavy atom. The van der Waals surface area contributed by atoms with E-state index in [-0.39, 0.29) is 18.5 Å². The summed E-state index contributed by atoms with van der Waals surface area (Å²) in [4.78, 5) is 0. The molecule has 0 unspecified atom stereocenters. The summed E-state index contributed by atoms with van der Waals surface area (Å²) in [5, 5.41) is 11.9. The number of benzene rings is 1. The van der Waals surface area contributed by atoms with Gasteiger partial charge in [-0.2, -0.15) is 0 Å². The van der Waals surface area contributed by atoms with Gasteiger partial charge >= 0.3 is 0 Å². The lowest BCUT2D eigenvalue weighted by atomic mass is 9.96. The van der Waals surface area contributed by atoms with E-state index < -0.39 is 0 Å². The monoisotopic (exact) mass is 267 g/mol. The summed E-state index contributed by atoms with van der Waals surface area (Å²) in [6, 6.07) is 4.76. The standard InChI is InChI=1S/C14H18FNO3/c1-18-13-5-2-10(14(15)8-13)9-19-12-6-3-11(16-17)4-7-12/h2,5,8,12,17H,3-4,6-7,9H2,1H3. The minimum atomic E-state index is -0.312. The number of ether oxygens (including phenoxy) is 2. The van der Waals surface area contributed by atoms with Crippen LogP contribution < -0.4 is 4.74 Å². The maximum Gasteiger partial charge on any atom is 0.132 e. The van der Waals surface area contributed by atoms with Crippen LogP contribution in [0.15, 0.2) is 23.4 Å². The van der Waals surface area contributed by atoms with E-state index in [4.69, 9.17) is 14.7 Å². The molecule has 4 nitrogen and oxygen atoms in total. The molecule has 2 rings (SSSR count). The van der Waals surface area contributed by atoms with Gasteiger partial charge in [-0.05, 0) is 31.7 Å². The molecule has 0 atom stereocenters. The van der Waals surface area contributed by atoms with E-state index >= 15 is 0 Å². The second kappa shape index (κ2) is 6.52. The molecule has 19 heavy (non-hydrogen) atoms. The Balaban J connectivity index is 1.86.